The number of nitrogens with one attached hydrogen (secondary N) is 2. The van der Waals surface area contributed by atoms with Gasteiger partial charge in [-0.3, -0.25) is 4.79 Å². The summed E-state index contributed by atoms with van der Waals surface area (Å²) in [5.41, 5.74) is 3.19. The summed E-state index contributed by atoms with van der Waals surface area (Å²) in [6.07, 6.45) is 0. The van der Waals surface area contributed by atoms with Gasteiger partial charge in [0.05, 0.1) is 12.0 Å². The van der Waals surface area contributed by atoms with Crippen LogP contribution in [0, 0.1) is 6.92 Å². The van der Waals surface area contributed by atoms with Gasteiger partial charge in [0.25, 0.3) is 5.91 Å². The highest BCUT2D eigenvalue weighted by Gasteiger charge is 2.13. The Morgan fingerprint density at radius 3 is 2.27 bits per heavy atom. The van der Waals surface area contributed by atoms with Crippen LogP contribution < -0.4 is 14.8 Å². The molecule has 0 aliphatic rings. The average Bonchev–Trinajstić information content (AvgIpc) is 2.77. The summed E-state index contributed by atoms with van der Waals surface area (Å²) in [5, 5.41) is 2.86. The Morgan fingerprint density at radius 1 is 0.900 bits per heavy atom. The number of benzene rings is 3. The molecule has 0 aliphatic carbocycles. The van der Waals surface area contributed by atoms with E-state index in [1.165, 1.54) is 0 Å². The normalized spacial score (nSPS) is 11.1. The lowest BCUT2D eigenvalue weighted by molar-refractivity contribution is 0.0951. The predicted molar refractivity (Wildman–Crippen MR) is 116 cm³/mol. The maximum atomic E-state index is 12.4. The Morgan fingerprint density at radius 2 is 1.60 bits per heavy atom. The predicted octanol–water partition coefficient (Wildman–Crippen LogP) is 3.41. The SMILES string of the molecule is COc1cccc(CNC(=O)c2ccc(CNS(=O)(=O)c3ccc(C)cc3)cc2)c1. The first-order valence-electron chi connectivity index (χ1n) is 9.44. The maximum Gasteiger partial charge on any atom is 0.251 e. The fraction of sp³-hybridized carbons (Fsp3) is 0.174. The van der Waals surface area contributed by atoms with E-state index in [0.717, 1.165) is 22.4 Å². The Balaban J connectivity index is 1.56. The molecule has 0 aromatic heterocycles. The van der Waals surface area contributed by atoms with Gasteiger partial charge in [0.2, 0.25) is 10.0 Å². The molecule has 6 nitrogen and oxygen atoms in total. The molecule has 0 spiro atoms. The number of ether oxygens (including phenoxy) is 1. The highest BCUT2D eigenvalue weighted by atomic mass is 32.2. The number of rotatable bonds is 8. The van der Waals surface area contributed by atoms with Crippen LogP contribution in [0.4, 0.5) is 0 Å². The van der Waals surface area contributed by atoms with Crippen molar-refractivity contribution in [2.45, 2.75) is 24.9 Å². The minimum absolute atomic E-state index is 0.141. The molecule has 1 amide bonds. The molecule has 3 aromatic carbocycles. The number of carbonyl (C=O) groups is 1. The first-order chi connectivity index (χ1) is 14.4. The van der Waals surface area contributed by atoms with Gasteiger partial charge in [-0.15, -0.1) is 0 Å². The molecule has 2 N–H and O–H groups in total. The molecular formula is C23H24N2O4S. The minimum Gasteiger partial charge on any atom is -0.497 e. The van der Waals surface area contributed by atoms with Gasteiger partial charge >= 0.3 is 0 Å². The van der Waals surface area contributed by atoms with E-state index in [4.69, 9.17) is 4.74 Å². The van der Waals surface area contributed by atoms with Crippen molar-refractivity contribution in [2.24, 2.45) is 0 Å². The van der Waals surface area contributed by atoms with Gasteiger partial charge in [-0.05, 0) is 54.4 Å². The number of hydrogen-bond donors (Lipinski definition) is 2. The summed E-state index contributed by atoms with van der Waals surface area (Å²) >= 11 is 0. The average molecular weight is 425 g/mol. The Labute approximate surface area is 177 Å². The number of methoxy groups -OCH3 is 1. The van der Waals surface area contributed by atoms with Crippen molar-refractivity contribution in [2.75, 3.05) is 7.11 Å². The molecule has 3 rings (SSSR count). The van der Waals surface area contributed by atoms with Crippen LogP contribution in [0.3, 0.4) is 0 Å². The Kier molecular flexibility index (Phi) is 6.87. The van der Waals surface area contributed by atoms with Crippen LogP contribution in [-0.4, -0.2) is 21.4 Å². The van der Waals surface area contributed by atoms with E-state index in [9.17, 15) is 13.2 Å². The second kappa shape index (κ2) is 9.56. The van der Waals surface area contributed by atoms with E-state index in [1.807, 2.05) is 31.2 Å². The third kappa shape index (κ3) is 5.68. The van der Waals surface area contributed by atoms with Crippen LogP contribution in [0.15, 0.2) is 77.7 Å². The molecule has 7 heteroatoms. The highest BCUT2D eigenvalue weighted by Crippen LogP contribution is 2.13. The summed E-state index contributed by atoms with van der Waals surface area (Å²) in [5.74, 6) is 0.531. The number of sulfonamides is 1. The van der Waals surface area contributed by atoms with Gasteiger partial charge in [0.1, 0.15) is 5.75 Å². The van der Waals surface area contributed by atoms with Crippen LogP contribution in [0.25, 0.3) is 0 Å². The van der Waals surface area contributed by atoms with E-state index in [1.54, 1.807) is 55.6 Å². The molecule has 0 aliphatic heterocycles. The van der Waals surface area contributed by atoms with E-state index < -0.39 is 10.0 Å². The zero-order chi connectivity index (χ0) is 21.6. The number of carbonyl (C=O) groups excluding carboxylic acids is 1. The van der Waals surface area contributed by atoms with Gasteiger partial charge in [-0.2, -0.15) is 0 Å². The molecule has 0 unspecified atom stereocenters. The lowest BCUT2D eigenvalue weighted by Crippen LogP contribution is -2.24. The molecule has 0 saturated carbocycles. The molecule has 0 atom stereocenters. The number of aryl methyl sites for hydroxylation is 1. The second-order valence-electron chi connectivity index (χ2n) is 6.87. The first-order valence-corrected chi connectivity index (χ1v) is 10.9. The maximum absolute atomic E-state index is 12.4. The van der Waals surface area contributed by atoms with E-state index in [-0.39, 0.29) is 17.3 Å². The van der Waals surface area contributed by atoms with Crippen LogP contribution in [-0.2, 0) is 23.1 Å². The lowest BCUT2D eigenvalue weighted by atomic mass is 10.1. The fourth-order valence-corrected chi connectivity index (χ4v) is 3.84. The Bertz CT molecular complexity index is 1110. The van der Waals surface area contributed by atoms with Crippen molar-refractivity contribution in [3.8, 4) is 5.75 Å². The smallest absolute Gasteiger partial charge is 0.251 e. The number of amides is 1. The first kappa shape index (κ1) is 21.5. The largest absolute Gasteiger partial charge is 0.497 e. The second-order valence-corrected chi connectivity index (χ2v) is 8.64. The van der Waals surface area contributed by atoms with Crippen molar-refractivity contribution in [1.29, 1.82) is 0 Å². The molecule has 0 fully saturated rings. The van der Waals surface area contributed by atoms with Gasteiger partial charge in [0.15, 0.2) is 0 Å². The number of hydrogen-bond acceptors (Lipinski definition) is 4. The molecular weight excluding hydrogens is 400 g/mol. The summed E-state index contributed by atoms with van der Waals surface area (Å²) in [4.78, 5) is 12.6. The van der Waals surface area contributed by atoms with Crippen LogP contribution in [0.2, 0.25) is 0 Å². The van der Waals surface area contributed by atoms with Crippen molar-refractivity contribution >= 4 is 15.9 Å². The zero-order valence-corrected chi connectivity index (χ0v) is 17.7. The van der Waals surface area contributed by atoms with E-state index in [0.29, 0.717) is 12.1 Å². The van der Waals surface area contributed by atoms with Crippen LogP contribution in [0.1, 0.15) is 27.0 Å². The summed E-state index contributed by atoms with van der Waals surface area (Å²) in [6, 6.07) is 21.0. The zero-order valence-electron chi connectivity index (χ0n) is 16.9. The van der Waals surface area contributed by atoms with Crippen molar-refractivity contribution < 1.29 is 17.9 Å². The third-order valence-electron chi connectivity index (χ3n) is 4.60. The van der Waals surface area contributed by atoms with Crippen molar-refractivity contribution in [3.05, 3.63) is 95.1 Å². The van der Waals surface area contributed by atoms with Crippen molar-refractivity contribution in [1.82, 2.24) is 10.0 Å². The third-order valence-corrected chi connectivity index (χ3v) is 6.02. The molecule has 30 heavy (non-hydrogen) atoms. The van der Waals surface area contributed by atoms with Gasteiger partial charge in [0, 0.05) is 18.7 Å². The van der Waals surface area contributed by atoms with Crippen LogP contribution >= 0.6 is 0 Å². The van der Waals surface area contributed by atoms with Gasteiger partial charge in [-0.25, -0.2) is 13.1 Å². The van der Waals surface area contributed by atoms with Gasteiger partial charge < -0.3 is 10.1 Å². The lowest BCUT2D eigenvalue weighted by Gasteiger charge is -2.09. The molecule has 0 saturated heterocycles. The molecule has 0 radical (unpaired) electrons. The van der Waals surface area contributed by atoms with E-state index >= 15 is 0 Å². The summed E-state index contributed by atoms with van der Waals surface area (Å²) < 4.78 is 32.5. The van der Waals surface area contributed by atoms with Gasteiger partial charge in [-0.1, -0.05) is 42.0 Å². The summed E-state index contributed by atoms with van der Waals surface area (Å²) in [7, 11) is -1.99. The summed E-state index contributed by atoms with van der Waals surface area (Å²) in [6.45, 7) is 2.42. The monoisotopic (exact) mass is 424 g/mol. The Hall–Kier alpha value is -3.16. The fourth-order valence-electron chi connectivity index (χ4n) is 2.82. The molecule has 156 valence electrons. The van der Waals surface area contributed by atoms with Crippen molar-refractivity contribution in [3.63, 3.8) is 0 Å². The quantitative estimate of drug-likeness (QED) is 0.580. The van der Waals surface area contributed by atoms with E-state index in [2.05, 4.69) is 10.0 Å². The topological polar surface area (TPSA) is 84.5 Å². The van der Waals surface area contributed by atoms with Crippen LogP contribution in [0.5, 0.6) is 5.75 Å². The molecule has 0 heterocycles. The minimum atomic E-state index is -3.59. The standard InChI is InChI=1S/C23H24N2O4S/c1-17-6-12-22(13-7-17)30(27,28)25-16-18-8-10-20(11-9-18)23(26)24-15-19-4-3-5-21(14-19)29-2/h3-14,25H,15-16H2,1-2H3,(H,24,26). The highest BCUT2D eigenvalue weighted by molar-refractivity contribution is 7.89. The molecule has 0 bridgehead atoms. The molecule has 3 aromatic rings.